The molecule has 0 aromatic rings. The lowest BCUT2D eigenvalue weighted by atomic mass is 10.2. The minimum Gasteiger partial charge on any atom is -0.466 e. The molecule has 0 aliphatic carbocycles. The van der Waals surface area contributed by atoms with Crippen LogP contribution >= 0.6 is 0 Å². The first kappa shape index (κ1) is 31.3. The molecule has 2 N–H and O–H groups in total. The van der Waals surface area contributed by atoms with Crippen molar-refractivity contribution in [1.82, 2.24) is 10.2 Å². The SMILES string of the molecule is CCOC(=O)CCCN1CCOC(CN=[N+]=[N-])C1.OOC=C(F)F.[N-]=[N+]=NCC1CNCCO1. The first-order valence-corrected chi connectivity index (χ1v) is 10.6. The standard InChI is InChI=1S/C11H20N4O3.C5H10N4O.C2H2F2O2/c1-2-17-11(16)4-3-5-15-6-7-18-10(9-15)8-13-14-12;6-9-8-4-5-3-7-1-2-10-5;3-2(4)1-6-5/h10H,2-9H2,1H3;5,7H,1-4H2;1,5H. The molecule has 2 aliphatic heterocycles. The molecule has 2 atom stereocenters. The van der Waals surface area contributed by atoms with Crippen molar-refractivity contribution >= 4 is 5.97 Å². The Kier molecular flexibility index (Phi) is 20.3. The summed E-state index contributed by atoms with van der Waals surface area (Å²) in [6, 6.07) is 0. The Morgan fingerprint density at radius 3 is 2.44 bits per heavy atom. The molecule has 0 aromatic carbocycles. The van der Waals surface area contributed by atoms with E-state index in [0.29, 0.717) is 39.3 Å². The molecule has 2 unspecified atom stereocenters. The van der Waals surface area contributed by atoms with E-state index in [-0.39, 0.29) is 24.4 Å². The summed E-state index contributed by atoms with van der Waals surface area (Å²) in [5, 5.41) is 17.2. The first-order valence-electron chi connectivity index (χ1n) is 10.6. The van der Waals surface area contributed by atoms with Gasteiger partial charge in [0.25, 0.3) is 0 Å². The van der Waals surface area contributed by atoms with Crippen LogP contribution in [0.5, 0.6) is 0 Å². The Morgan fingerprint density at radius 2 is 1.91 bits per heavy atom. The molecule has 2 aliphatic rings. The van der Waals surface area contributed by atoms with Crippen molar-refractivity contribution in [1.29, 1.82) is 0 Å². The smallest absolute Gasteiger partial charge is 0.308 e. The third kappa shape index (κ3) is 18.8. The lowest BCUT2D eigenvalue weighted by Crippen LogP contribution is -2.44. The predicted molar refractivity (Wildman–Crippen MR) is 117 cm³/mol. The number of rotatable bonds is 10. The van der Waals surface area contributed by atoms with Crippen LogP contribution in [0.4, 0.5) is 8.78 Å². The largest absolute Gasteiger partial charge is 0.466 e. The highest BCUT2D eigenvalue weighted by Gasteiger charge is 2.19. The molecule has 194 valence electrons. The molecule has 0 aromatic heterocycles. The van der Waals surface area contributed by atoms with Crippen molar-refractivity contribution in [3.8, 4) is 0 Å². The van der Waals surface area contributed by atoms with Gasteiger partial charge in [0.1, 0.15) is 0 Å². The third-order valence-electron chi connectivity index (χ3n) is 4.23. The van der Waals surface area contributed by atoms with Crippen molar-refractivity contribution in [3.63, 3.8) is 0 Å². The summed E-state index contributed by atoms with van der Waals surface area (Å²) in [6.07, 6.45) is -0.848. The van der Waals surface area contributed by atoms with Crippen LogP contribution in [-0.2, 0) is 23.9 Å². The molecular weight excluding hydrogens is 462 g/mol. The number of morpholine rings is 2. The van der Waals surface area contributed by atoms with Crippen LogP contribution in [0.15, 0.2) is 22.6 Å². The average molecular weight is 495 g/mol. The predicted octanol–water partition coefficient (Wildman–Crippen LogP) is 2.84. The molecule has 34 heavy (non-hydrogen) atoms. The quantitative estimate of drug-likeness (QED) is 0.0882. The second-order valence-corrected chi connectivity index (χ2v) is 6.74. The number of carbonyl (C=O) groups is 1. The lowest BCUT2D eigenvalue weighted by Gasteiger charge is -2.32. The number of carbonyl (C=O) groups excluding carboxylic acids is 1. The molecule has 16 heteroatoms. The summed E-state index contributed by atoms with van der Waals surface area (Å²) < 4.78 is 36.8. The van der Waals surface area contributed by atoms with Crippen molar-refractivity contribution in [3.05, 3.63) is 33.2 Å². The second-order valence-electron chi connectivity index (χ2n) is 6.74. The van der Waals surface area contributed by atoms with Gasteiger partial charge >= 0.3 is 12.0 Å². The summed E-state index contributed by atoms with van der Waals surface area (Å²) >= 11 is 0. The fourth-order valence-electron chi connectivity index (χ4n) is 2.81. The minimum absolute atomic E-state index is 0.0303. The molecule has 0 radical (unpaired) electrons. The number of halogens is 2. The van der Waals surface area contributed by atoms with E-state index in [0.717, 1.165) is 39.1 Å². The fourth-order valence-corrected chi connectivity index (χ4v) is 2.81. The molecule has 0 amide bonds. The van der Waals surface area contributed by atoms with E-state index >= 15 is 0 Å². The van der Waals surface area contributed by atoms with Crippen LogP contribution in [0, 0.1) is 0 Å². The van der Waals surface area contributed by atoms with E-state index in [4.69, 9.17) is 30.5 Å². The van der Waals surface area contributed by atoms with Gasteiger partial charge in [-0.3, -0.25) is 9.69 Å². The van der Waals surface area contributed by atoms with Crippen LogP contribution in [0.1, 0.15) is 19.8 Å². The van der Waals surface area contributed by atoms with Gasteiger partial charge in [-0.05, 0) is 31.0 Å². The van der Waals surface area contributed by atoms with E-state index in [1.54, 1.807) is 6.92 Å². The Labute approximate surface area is 196 Å². The maximum Gasteiger partial charge on any atom is 0.308 e. The maximum atomic E-state index is 11.2. The van der Waals surface area contributed by atoms with Crippen molar-refractivity contribution in [2.24, 2.45) is 10.2 Å². The molecule has 14 nitrogen and oxygen atoms in total. The maximum absolute atomic E-state index is 11.2. The summed E-state index contributed by atoms with van der Waals surface area (Å²) in [5.74, 6) is -0.142. The highest BCUT2D eigenvalue weighted by molar-refractivity contribution is 5.69. The van der Waals surface area contributed by atoms with Crippen LogP contribution in [0.25, 0.3) is 20.9 Å². The van der Waals surface area contributed by atoms with Crippen molar-refractivity contribution in [2.75, 3.05) is 65.6 Å². The molecular formula is C18H32F2N8O6. The van der Waals surface area contributed by atoms with Gasteiger partial charge < -0.3 is 24.4 Å². The molecule has 2 heterocycles. The average Bonchev–Trinajstić information content (AvgIpc) is 2.83. The Balaban J connectivity index is 0.000000568. The molecule has 2 fully saturated rings. The van der Waals surface area contributed by atoms with Crippen LogP contribution in [-0.4, -0.2) is 94.0 Å². The monoisotopic (exact) mass is 494 g/mol. The number of hydrogen-bond donors (Lipinski definition) is 2. The van der Waals surface area contributed by atoms with Gasteiger partial charge in [0, 0.05) is 42.4 Å². The molecule has 0 saturated carbocycles. The third-order valence-corrected chi connectivity index (χ3v) is 4.23. The first-order chi connectivity index (χ1) is 16.5. The van der Waals surface area contributed by atoms with Crippen LogP contribution in [0.3, 0.4) is 0 Å². The minimum atomic E-state index is -2.06. The zero-order valence-electron chi connectivity index (χ0n) is 19.1. The summed E-state index contributed by atoms with van der Waals surface area (Å²) in [5.41, 5.74) is 16.2. The molecule has 0 bridgehead atoms. The highest BCUT2D eigenvalue weighted by atomic mass is 19.3. The Bertz CT molecular complexity index is 667. The zero-order valence-corrected chi connectivity index (χ0v) is 19.1. The van der Waals surface area contributed by atoms with Gasteiger partial charge in [-0.1, -0.05) is 10.2 Å². The lowest BCUT2D eigenvalue weighted by molar-refractivity contribution is -0.189. The molecule has 2 rings (SSSR count). The van der Waals surface area contributed by atoms with Crippen LogP contribution < -0.4 is 5.32 Å². The van der Waals surface area contributed by atoms with Gasteiger partial charge in [-0.15, -0.1) is 0 Å². The fraction of sp³-hybridized carbons (Fsp3) is 0.833. The van der Waals surface area contributed by atoms with Crippen molar-refractivity contribution in [2.45, 2.75) is 32.0 Å². The summed E-state index contributed by atoms with van der Waals surface area (Å²) in [7, 11) is 0. The second kappa shape index (κ2) is 22.1. The van der Waals surface area contributed by atoms with E-state index < -0.39 is 6.08 Å². The molecule has 2 saturated heterocycles. The number of nitrogens with zero attached hydrogens (tertiary/aromatic N) is 7. The van der Waals surface area contributed by atoms with E-state index in [9.17, 15) is 13.6 Å². The van der Waals surface area contributed by atoms with Crippen LogP contribution in [0.2, 0.25) is 0 Å². The topological polar surface area (TPSA) is 187 Å². The number of azide groups is 2. The van der Waals surface area contributed by atoms with Gasteiger partial charge in [-0.2, -0.15) is 8.78 Å². The number of hydrogen-bond acceptors (Lipinski definition) is 10. The Hall–Kier alpha value is -2.71. The number of ether oxygens (including phenoxy) is 3. The van der Waals surface area contributed by atoms with E-state index in [1.807, 2.05) is 0 Å². The summed E-state index contributed by atoms with van der Waals surface area (Å²) in [6.45, 7) is 8.54. The highest BCUT2D eigenvalue weighted by Crippen LogP contribution is 2.07. The van der Waals surface area contributed by atoms with Gasteiger partial charge in [0.15, 0.2) is 6.26 Å². The number of esters is 1. The van der Waals surface area contributed by atoms with Gasteiger partial charge in [-0.25, -0.2) is 5.26 Å². The summed E-state index contributed by atoms with van der Waals surface area (Å²) in [4.78, 5) is 21.7. The van der Waals surface area contributed by atoms with Crippen molar-refractivity contribution < 1.29 is 37.9 Å². The zero-order chi connectivity index (χ0) is 25.4. The normalized spacial score (nSPS) is 19.4. The van der Waals surface area contributed by atoms with E-state index in [2.05, 4.69) is 35.2 Å². The Morgan fingerprint density at radius 1 is 1.24 bits per heavy atom. The molecule has 0 spiro atoms. The number of nitrogens with one attached hydrogen (secondary N) is 1. The van der Waals surface area contributed by atoms with E-state index in [1.165, 1.54) is 0 Å². The van der Waals surface area contributed by atoms with Gasteiger partial charge in [0.2, 0.25) is 0 Å². The van der Waals surface area contributed by atoms with Gasteiger partial charge in [0.05, 0.1) is 45.1 Å².